The quantitative estimate of drug-likeness (QED) is 0.724. The number of phenolic OH excluding ortho intramolecular Hbond substituents is 1. The molecule has 3 heteroatoms. The molecule has 134 valence electrons. The van der Waals surface area contributed by atoms with Crippen LogP contribution in [0.3, 0.4) is 0 Å². The van der Waals surface area contributed by atoms with Crippen molar-refractivity contribution in [3.05, 3.63) is 77.9 Å². The van der Waals surface area contributed by atoms with Gasteiger partial charge in [0, 0.05) is 25.2 Å². The van der Waals surface area contributed by atoms with Crippen molar-refractivity contribution in [2.45, 2.75) is 32.1 Å². The van der Waals surface area contributed by atoms with E-state index in [1.165, 1.54) is 10.9 Å². The molecular weight excluding hydrogens is 322 g/mol. The molecule has 0 atom stereocenters. The molecule has 1 saturated heterocycles. The van der Waals surface area contributed by atoms with Crippen LogP contribution in [0, 0.1) is 0 Å². The van der Waals surface area contributed by atoms with Gasteiger partial charge in [0.1, 0.15) is 5.75 Å². The maximum atomic E-state index is 10.4. The second-order valence-electron chi connectivity index (χ2n) is 7.06. The highest BCUT2D eigenvalue weighted by Gasteiger charge is 2.21. The third kappa shape index (κ3) is 3.90. The normalized spacial score (nSPS) is 16.2. The van der Waals surface area contributed by atoms with E-state index in [2.05, 4.69) is 41.3 Å². The minimum atomic E-state index is 0.326. The topological polar surface area (TPSA) is 32.7 Å². The van der Waals surface area contributed by atoms with Gasteiger partial charge < -0.3 is 9.84 Å². The number of benzene rings is 3. The van der Waals surface area contributed by atoms with Gasteiger partial charge in [-0.15, -0.1) is 0 Å². The average molecular weight is 347 g/mol. The van der Waals surface area contributed by atoms with E-state index in [1.54, 1.807) is 0 Å². The Bertz CT molecular complexity index is 854. The second kappa shape index (κ2) is 7.90. The van der Waals surface area contributed by atoms with Crippen LogP contribution in [0.25, 0.3) is 10.8 Å². The summed E-state index contributed by atoms with van der Waals surface area (Å²) in [7, 11) is 0. The molecule has 1 aliphatic heterocycles. The van der Waals surface area contributed by atoms with Crippen LogP contribution >= 0.6 is 0 Å². The van der Waals surface area contributed by atoms with Crippen LogP contribution in [0.1, 0.15) is 24.0 Å². The van der Waals surface area contributed by atoms with Crippen molar-refractivity contribution >= 4 is 10.8 Å². The van der Waals surface area contributed by atoms with Gasteiger partial charge in [0.25, 0.3) is 0 Å². The summed E-state index contributed by atoms with van der Waals surface area (Å²) in [6, 6.07) is 22.4. The molecule has 0 unspecified atom stereocenters. The number of hydrogen-bond donors (Lipinski definition) is 1. The Morgan fingerprint density at radius 3 is 2.42 bits per heavy atom. The molecule has 0 spiro atoms. The Morgan fingerprint density at radius 1 is 0.885 bits per heavy atom. The van der Waals surface area contributed by atoms with Gasteiger partial charge in [-0.3, -0.25) is 4.90 Å². The zero-order valence-electron chi connectivity index (χ0n) is 15.0. The first kappa shape index (κ1) is 17.1. The van der Waals surface area contributed by atoms with Crippen molar-refractivity contribution in [2.24, 2.45) is 0 Å². The molecule has 0 aliphatic carbocycles. The van der Waals surface area contributed by atoms with Gasteiger partial charge in [0.15, 0.2) is 0 Å². The summed E-state index contributed by atoms with van der Waals surface area (Å²) in [5.41, 5.74) is 2.27. The summed E-state index contributed by atoms with van der Waals surface area (Å²) in [4.78, 5) is 2.42. The van der Waals surface area contributed by atoms with Gasteiger partial charge in [0.05, 0.1) is 12.7 Å². The van der Waals surface area contributed by atoms with Crippen molar-refractivity contribution in [2.75, 3.05) is 13.1 Å². The smallest absolute Gasteiger partial charge is 0.120 e. The third-order valence-electron chi connectivity index (χ3n) is 5.26. The number of fused-ring (bicyclic) bond motifs is 1. The highest BCUT2D eigenvalue weighted by atomic mass is 16.5. The summed E-state index contributed by atoms with van der Waals surface area (Å²) in [6.45, 7) is 3.48. The summed E-state index contributed by atoms with van der Waals surface area (Å²) < 4.78 is 6.09. The van der Waals surface area contributed by atoms with Gasteiger partial charge in [-0.25, -0.2) is 0 Å². The molecule has 3 aromatic rings. The maximum Gasteiger partial charge on any atom is 0.120 e. The maximum absolute atomic E-state index is 10.4. The van der Waals surface area contributed by atoms with E-state index in [0.717, 1.165) is 43.4 Å². The number of likely N-dealkylation sites (tertiary alicyclic amines) is 1. The molecule has 26 heavy (non-hydrogen) atoms. The highest BCUT2D eigenvalue weighted by Crippen LogP contribution is 2.29. The van der Waals surface area contributed by atoms with Crippen molar-refractivity contribution in [3.8, 4) is 5.75 Å². The fraction of sp³-hybridized carbons (Fsp3) is 0.304. The lowest BCUT2D eigenvalue weighted by molar-refractivity contribution is -0.00395. The molecule has 1 heterocycles. The predicted octanol–water partition coefficient (Wildman–Crippen LogP) is 4.73. The standard InChI is InChI=1S/C23H25NO2/c25-23-11-10-19-8-4-5-9-21(19)22(23)16-24-14-12-20(13-15-24)26-17-18-6-2-1-3-7-18/h1-11,20,25H,12-17H2. The van der Waals surface area contributed by atoms with Crippen molar-refractivity contribution in [1.29, 1.82) is 0 Å². The highest BCUT2D eigenvalue weighted by molar-refractivity contribution is 5.87. The van der Waals surface area contributed by atoms with Crippen LogP contribution < -0.4 is 0 Å². The summed E-state index contributed by atoms with van der Waals surface area (Å²) in [5.74, 6) is 0.395. The van der Waals surface area contributed by atoms with Gasteiger partial charge in [-0.1, -0.05) is 60.7 Å². The molecular formula is C23H25NO2. The van der Waals surface area contributed by atoms with Gasteiger partial charge in [0.2, 0.25) is 0 Å². The molecule has 0 amide bonds. The molecule has 0 aromatic heterocycles. The first-order valence-corrected chi connectivity index (χ1v) is 9.37. The Balaban J connectivity index is 1.35. The summed E-state index contributed by atoms with van der Waals surface area (Å²) in [6.07, 6.45) is 2.41. The van der Waals surface area contributed by atoms with E-state index >= 15 is 0 Å². The van der Waals surface area contributed by atoms with Crippen LogP contribution in [-0.4, -0.2) is 29.2 Å². The van der Waals surface area contributed by atoms with Crippen LogP contribution in [0.5, 0.6) is 5.75 Å². The zero-order valence-corrected chi connectivity index (χ0v) is 15.0. The zero-order chi connectivity index (χ0) is 17.8. The minimum Gasteiger partial charge on any atom is -0.508 e. The van der Waals surface area contributed by atoms with Crippen molar-refractivity contribution in [1.82, 2.24) is 4.90 Å². The van der Waals surface area contributed by atoms with Crippen LogP contribution in [0.4, 0.5) is 0 Å². The number of nitrogens with zero attached hydrogens (tertiary/aromatic N) is 1. The van der Waals surface area contributed by atoms with Gasteiger partial charge >= 0.3 is 0 Å². The van der Waals surface area contributed by atoms with Crippen molar-refractivity contribution < 1.29 is 9.84 Å². The van der Waals surface area contributed by atoms with E-state index in [9.17, 15) is 5.11 Å². The number of rotatable bonds is 5. The molecule has 0 bridgehead atoms. The van der Waals surface area contributed by atoms with E-state index in [0.29, 0.717) is 18.5 Å². The Labute approximate surface area is 154 Å². The van der Waals surface area contributed by atoms with E-state index in [-0.39, 0.29) is 0 Å². The fourth-order valence-corrected chi connectivity index (χ4v) is 3.74. The number of aromatic hydroxyl groups is 1. The molecule has 1 N–H and O–H groups in total. The average Bonchev–Trinajstić information content (AvgIpc) is 2.70. The number of hydrogen-bond acceptors (Lipinski definition) is 3. The fourth-order valence-electron chi connectivity index (χ4n) is 3.74. The van der Waals surface area contributed by atoms with E-state index in [4.69, 9.17) is 4.74 Å². The molecule has 1 aliphatic rings. The minimum absolute atomic E-state index is 0.326. The van der Waals surface area contributed by atoms with Gasteiger partial charge in [-0.2, -0.15) is 0 Å². The first-order chi connectivity index (χ1) is 12.8. The monoisotopic (exact) mass is 347 g/mol. The van der Waals surface area contributed by atoms with Crippen molar-refractivity contribution in [3.63, 3.8) is 0 Å². The van der Waals surface area contributed by atoms with Crippen LogP contribution in [-0.2, 0) is 17.9 Å². The molecule has 0 radical (unpaired) electrons. The number of ether oxygens (including phenoxy) is 1. The van der Waals surface area contributed by atoms with E-state index < -0.39 is 0 Å². The molecule has 3 aromatic carbocycles. The Hall–Kier alpha value is -2.36. The summed E-state index contributed by atoms with van der Waals surface area (Å²) >= 11 is 0. The lowest BCUT2D eigenvalue weighted by atomic mass is 10.0. The van der Waals surface area contributed by atoms with Gasteiger partial charge in [-0.05, 0) is 35.2 Å². The lowest BCUT2D eigenvalue weighted by Gasteiger charge is -2.32. The second-order valence-corrected chi connectivity index (χ2v) is 7.06. The first-order valence-electron chi connectivity index (χ1n) is 9.37. The number of phenols is 1. The largest absolute Gasteiger partial charge is 0.508 e. The van der Waals surface area contributed by atoms with E-state index in [1.807, 2.05) is 30.3 Å². The number of piperidine rings is 1. The third-order valence-corrected chi connectivity index (χ3v) is 5.26. The molecule has 1 fully saturated rings. The van der Waals surface area contributed by atoms with Crippen LogP contribution in [0.15, 0.2) is 66.7 Å². The molecule has 3 nitrogen and oxygen atoms in total. The van der Waals surface area contributed by atoms with Crippen LogP contribution in [0.2, 0.25) is 0 Å². The Morgan fingerprint density at radius 2 is 1.62 bits per heavy atom. The summed E-state index contributed by atoms with van der Waals surface area (Å²) in [5, 5.41) is 12.7. The predicted molar refractivity (Wildman–Crippen MR) is 105 cm³/mol. The lowest BCUT2D eigenvalue weighted by Crippen LogP contribution is -2.36. The molecule has 4 rings (SSSR count). The Kier molecular flexibility index (Phi) is 5.19. The molecule has 0 saturated carbocycles. The SMILES string of the molecule is Oc1ccc2ccccc2c1CN1CCC(OCc2ccccc2)CC1.